The van der Waals surface area contributed by atoms with Crippen molar-refractivity contribution in [2.24, 2.45) is 0 Å². The molecule has 1 N–H and O–H groups in total. The van der Waals surface area contributed by atoms with Gasteiger partial charge in [0.25, 0.3) is 0 Å². The summed E-state index contributed by atoms with van der Waals surface area (Å²) >= 11 is 0. The third kappa shape index (κ3) is 4.30. The second kappa shape index (κ2) is 7.37. The van der Waals surface area contributed by atoms with E-state index in [0.717, 1.165) is 5.69 Å². The second-order valence-corrected chi connectivity index (χ2v) is 5.85. The highest BCUT2D eigenvalue weighted by Gasteiger charge is 2.25. The first-order valence-electron chi connectivity index (χ1n) is 6.00. The minimum absolute atomic E-state index is 0.355. The number of nitrogens with one attached hydrogen (secondary N) is 1. The van der Waals surface area contributed by atoms with Crippen LogP contribution in [0.3, 0.4) is 0 Å². The van der Waals surface area contributed by atoms with E-state index in [1.807, 2.05) is 30.3 Å². The summed E-state index contributed by atoms with van der Waals surface area (Å²) in [4.78, 5) is 0. The van der Waals surface area contributed by atoms with Crippen molar-refractivity contribution in [1.82, 2.24) is 0 Å². The molecular formula is C13H20NO3P. The Labute approximate surface area is 109 Å². The molecule has 0 fully saturated rings. The minimum Gasteiger partial charge on any atom is -0.361 e. The van der Waals surface area contributed by atoms with Crippen LogP contribution >= 0.6 is 7.60 Å². The van der Waals surface area contributed by atoms with Crippen molar-refractivity contribution in [1.29, 1.82) is 0 Å². The van der Waals surface area contributed by atoms with Crippen LogP contribution in [0.4, 0.5) is 5.69 Å². The van der Waals surface area contributed by atoms with Crippen LogP contribution in [-0.4, -0.2) is 13.2 Å². The molecule has 0 amide bonds. The summed E-state index contributed by atoms with van der Waals surface area (Å²) in [5.74, 6) is 0. The molecular weight excluding hydrogens is 249 g/mol. The summed E-state index contributed by atoms with van der Waals surface area (Å²) in [5, 5.41) is 3.64. The molecule has 4 nitrogen and oxygen atoms in total. The van der Waals surface area contributed by atoms with Crippen LogP contribution in [0, 0.1) is 0 Å². The molecule has 1 aromatic rings. The first-order valence-corrected chi connectivity index (χ1v) is 7.54. The predicted octanol–water partition coefficient (Wildman–Crippen LogP) is 4.23. The molecule has 0 unspecified atom stereocenters. The van der Waals surface area contributed by atoms with Crippen molar-refractivity contribution in [2.75, 3.05) is 18.5 Å². The van der Waals surface area contributed by atoms with Crippen molar-refractivity contribution in [2.45, 2.75) is 20.8 Å². The van der Waals surface area contributed by atoms with Gasteiger partial charge in [0.2, 0.25) is 0 Å². The zero-order chi connectivity index (χ0) is 13.4. The molecule has 0 saturated carbocycles. The van der Waals surface area contributed by atoms with E-state index < -0.39 is 7.60 Å². The van der Waals surface area contributed by atoms with E-state index in [4.69, 9.17) is 9.05 Å². The highest BCUT2D eigenvalue weighted by molar-refractivity contribution is 7.58. The van der Waals surface area contributed by atoms with E-state index in [2.05, 4.69) is 5.32 Å². The van der Waals surface area contributed by atoms with Crippen LogP contribution in [0.2, 0.25) is 0 Å². The van der Waals surface area contributed by atoms with E-state index in [-0.39, 0.29) is 0 Å². The van der Waals surface area contributed by atoms with Crippen LogP contribution < -0.4 is 5.32 Å². The fraction of sp³-hybridized carbons (Fsp3) is 0.385. The Kier molecular flexibility index (Phi) is 6.13. The summed E-state index contributed by atoms with van der Waals surface area (Å²) < 4.78 is 22.9. The van der Waals surface area contributed by atoms with Gasteiger partial charge in [0.05, 0.1) is 18.5 Å². The number of hydrogen-bond donors (Lipinski definition) is 1. The summed E-state index contributed by atoms with van der Waals surface area (Å²) in [6.45, 7) is 6.04. The Morgan fingerprint density at radius 1 is 1.22 bits per heavy atom. The molecule has 0 aliphatic carbocycles. The minimum atomic E-state index is -3.15. The summed E-state index contributed by atoms with van der Waals surface area (Å²) in [5.41, 5.74) is 0.927. The van der Waals surface area contributed by atoms with Gasteiger partial charge < -0.3 is 14.4 Å². The van der Waals surface area contributed by atoms with Crippen LogP contribution in [-0.2, 0) is 13.6 Å². The SMILES string of the molecule is CCOP(=O)(OCC)/C(C)=C/Nc1ccccc1. The lowest BCUT2D eigenvalue weighted by Gasteiger charge is -2.17. The maximum atomic E-state index is 12.4. The molecule has 1 rings (SSSR count). The van der Waals surface area contributed by atoms with Gasteiger partial charge in [0.1, 0.15) is 0 Å². The van der Waals surface area contributed by atoms with Gasteiger partial charge in [0, 0.05) is 11.9 Å². The fourth-order valence-corrected chi connectivity index (χ4v) is 2.77. The molecule has 100 valence electrons. The number of anilines is 1. The third-order valence-corrected chi connectivity index (χ3v) is 4.44. The Morgan fingerprint density at radius 3 is 2.28 bits per heavy atom. The van der Waals surface area contributed by atoms with E-state index >= 15 is 0 Å². The number of allylic oxidation sites excluding steroid dienone is 1. The first kappa shape index (κ1) is 15.0. The molecule has 0 spiro atoms. The van der Waals surface area contributed by atoms with Gasteiger partial charge >= 0.3 is 7.60 Å². The topological polar surface area (TPSA) is 47.6 Å². The normalized spacial score (nSPS) is 12.5. The molecule has 0 bridgehead atoms. The first-order chi connectivity index (χ1) is 8.62. The Bertz CT molecular complexity index is 421. The van der Waals surface area contributed by atoms with Gasteiger partial charge in [-0.3, -0.25) is 4.57 Å². The lowest BCUT2D eigenvalue weighted by Crippen LogP contribution is -1.99. The molecule has 18 heavy (non-hydrogen) atoms. The lowest BCUT2D eigenvalue weighted by atomic mass is 10.3. The molecule has 0 aliphatic rings. The van der Waals surface area contributed by atoms with Gasteiger partial charge in [-0.1, -0.05) is 18.2 Å². The smallest absolute Gasteiger partial charge is 0.358 e. The maximum Gasteiger partial charge on any atom is 0.358 e. The Hall–Kier alpha value is -1.09. The fourth-order valence-electron chi connectivity index (χ4n) is 1.38. The average molecular weight is 269 g/mol. The largest absolute Gasteiger partial charge is 0.361 e. The molecule has 1 aromatic carbocycles. The Morgan fingerprint density at radius 2 is 1.78 bits per heavy atom. The molecule has 0 heterocycles. The van der Waals surface area contributed by atoms with Crippen molar-refractivity contribution in [3.63, 3.8) is 0 Å². The average Bonchev–Trinajstić information content (AvgIpc) is 2.37. The number of para-hydroxylation sites is 1. The summed E-state index contributed by atoms with van der Waals surface area (Å²) in [6.07, 6.45) is 1.67. The van der Waals surface area contributed by atoms with Gasteiger partial charge in [0.15, 0.2) is 0 Å². The van der Waals surface area contributed by atoms with E-state index in [1.165, 1.54) is 0 Å². The standard InChI is InChI=1S/C13H20NO3P/c1-4-16-18(15,17-5-2)12(3)11-14-13-9-7-6-8-10-13/h6-11,14H,4-5H2,1-3H3/b12-11+. The highest BCUT2D eigenvalue weighted by atomic mass is 31.2. The van der Waals surface area contributed by atoms with E-state index in [1.54, 1.807) is 27.0 Å². The van der Waals surface area contributed by atoms with Gasteiger partial charge in [-0.25, -0.2) is 0 Å². The van der Waals surface area contributed by atoms with Crippen molar-refractivity contribution in [3.8, 4) is 0 Å². The van der Waals surface area contributed by atoms with Gasteiger partial charge in [-0.2, -0.15) is 0 Å². The zero-order valence-electron chi connectivity index (χ0n) is 11.1. The molecule has 0 saturated heterocycles. The maximum absolute atomic E-state index is 12.4. The quantitative estimate of drug-likeness (QED) is 0.753. The van der Waals surface area contributed by atoms with Gasteiger partial charge in [-0.05, 0) is 32.9 Å². The Balaban J connectivity index is 2.77. The van der Waals surface area contributed by atoms with Crippen molar-refractivity contribution in [3.05, 3.63) is 41.8 Å². The van der Waals surface area contributed by atoms with Crippen molar-refractivity contribution < 1.29 is 13.6 Å². The number of benzene rings is 1. The molecule has 0 radical (unpaired) electrons. The van der Waals surface area contributed by atoms with E-state index in [9.17, 15) is 4.57 Å². The third-order valence-electron chi connectivity index (χ3n) is 2.25. The van der Waals surface area contributed by atoms with Crippen LogP contribution in [0.5, 0.6) is 0 Å². The van der Waals surface area contributed by atoms with Crippen LogP contribution in [0.1, 0.15) is 20.8 Å². The van der Waals surface area contributed by atoms with Crippen LogP contribution in [0.15, 0.2) is 41.8 Å². The molecule has 0 atom stereocenters. The summed E-state index contributed by atoms with van der Waals surface area (Å²) in [6, 6.07) is 9.64. The summed E-state index contributed by atoms with van der Waals surface area (Å²) in [7, 11) is -3.15. The molecule has 0 aromatic heterocycles. The zero-order valence-corrected chi connectivity index (χ0v) is 11.9. The molecule has 0 aliphatic heterocycles. The molecule has 5 heteroatoms. The van der Waals surface area contributed by atoms with E-state index in [0.29, 0.717) is 18.5 Å². The number of rotatable bonds is 7. The number of hydrogen-bond acceptors (Lipinski definition) is 4. The van der Waals surface area contributed by atoms with Crippen molar-refractivity contribution >= 4 is 13.3 Å². The van der Waals surface area contributed by atoms with Gasteiger partial charge in [-0.15, -0.1) is 0 Å². The predicted molar refractivity (Wildman–Crippen MR) is 74.7 cm³/mol. The second-order valence-electron chi connectivity index (χ2n) is 3.63. The highest BCUT2D eigenvalue weighted by Crippen LogP contribution is 2.55. The lowest BCUT2D eigenvalue weighted by molar-refractivity contribution is 0.226. The van der Waals surface area contributed by atoms with Crippen LogP contribution in [0.25, 0.3) is 0 Å². The monoisotopic (exact) mass is 269 g/mol.